The minimum Gasteiger partial charge on any atom is -0.452 e. The van der Waals surface area contributed by atoms with Crippen molar-refractivity contribution >= 4 is 29.3 Å². The first-order valence-electron chi connectivity index (χ1n) is 6.55. The molecule has 5 nitrogen and oxygen atoms in total. The molecule has 0 saturated carbocycles. The second-order valence-electron chi connectivity index (χ2n) is 4.88. The Morgan fingerprint density at radius 2 is 2.14 bits per heavy atom. The van der Waals surface area contributed by atoms with Crippen molar-refractivity contribution in [2.24, 2.45) is 0 Å². The molecular formula is C16H13NO4S. The van der Waals surface area contributed by atoms with E-state index >= 15 is 0 Å². The Morgan fingerprint density at radius 3 is 2.82 bits per heavy atom. The first-order chi connectivity index (χ1) is 10.5. The number of thiophene rings is 1. The van der Waals surface area contributed by atoms with Crippen LogP contribution in [0.15, 0.2) is 41.5 Å². The van der Waals surface area contributed by atoms with Crippen molar-refractivity contribution < 1.29 is 19.1 Å². The van der Waals surface area contributed by atoms with Crippen LogP contribution in [0.3, 0.4) is 0 Å². The van der Waals surface area contributed by atoms with Gasteiger partial charge in [-0.15, -0.1) is 11.3 Å². The Kier molecular flexibility index (Phi) is 3.68. The van der Waals surface area contributed by atoms with Gasteiger partial charge in [-0.1, -0.05) is 6.07 Å². The predicted molar refractivity (Wildman–Crippen MR) is 83.4 cm³/mol. The molecule has 3 rings (SSSR count). The van der Waals surface area contributed by atoms with E-state index in [4.69, 9.17) is 9.47 Å². The van der Waals surface area contributed by atoms with E-state index in [-0.39, 0.29) is 11.5 Å². The molecule has 0 radical (unpaired) electrons. The average molecular weight is 315 g/mol. The minimum absolute atomic E-state index is 0.172. The topological polar surface area (TPSA) is 55.8 Å². The normalized spacial score (nSPS) is 14.6. The summed E-state index contributed by atoms with van der Waals surface area (Å²) in [7, 11) is 3.19. The fourth-order valence-electron chi connectivity index (χ4n) is 1.93. The monoisotopic (exact) mass is 315 g/mol. The van der Waals surface area contributed by atoms with E-state index in [0.717, 1.165) is 4.88 Å². The van der Waals surface area contributed by atoms with Crippen molar-refractivity contribution in [2.45, 2.75) is 0 Å². The van der Waals surface area contributed by atoms with Gasteiger partial charge in [-0.05, 0) is 23.6 Å². The predicted octanol–water partition coefficient (Wildman–Crippen LogP) is 3.42. The maximum Gasteiger partial charge on any atom is 0.414 e. The van der Waals surface area contributed by atoms with Crippen LogP contribution in [0.1, 0.15) is 15.2 Å². The van der Waals surface area contributed by atoms with E-state index in [1.807, 2.05) is 17.5 Å². The standard InChI is InChI=1S/C16H13NO4S/c1-17(2)16(19)20-10-5-6-12-13(8-10)21-14(15(12)18)9-11-4-3-7-22-11/h3-9H,1-2H3/b14-9-. The molecule has 0 fully saturated rings. The number of allylic oxidation sites excluding steroid dienone is 1. The van der Waals surface area contributed by atoms with Gasteiger partial charge in [0.1, 0.15) is 11.5 Å². The van der Waals surface area contributed by atoms with Crippen LogP contribution >= 0.6 is 11.3 Å². The Bertz CT molecular complexity index is 762. The summed E-state index contributed by atoms with van der Waals surface area (Å²) in [5.41, 5.74) is 0.465. The number of amides is 1. The third-order valence-electron chi connectivity index (χ3n) is 3.03. The zero-order valence-electron chi connectivity index (χ0n) is 12.0. The SMILES string of the molecule is CN(C)C(=O)Oc1ccc2c(c1)O/C(=C\c1cccs1)C2=O. The molecule has 0 spiro atoms. The molecule has 0 saturated heterocycles. The van der Waals surface area contributed by atoms with Gasteiger partial charge in [0, 0.05) is 31.1 Å². The number of Topliss-reactive ketones (excluding diaryl/α,β-unsaturated/α-hetero) is 1. The number of rotatable bonds is 2. The molecule has 22 heavy (non-hydrogen) atoms. The molecule has 0 unspecified atom stereocenters. The molecule has 0 N–H and O–H groups in total. The largest absolute Gasteiger partial charge is 0.452 e. The highest BCUT2D eigenvalue weighted by Gasteiger charge is 2.28. The molecule has 1 amide bonds. The fraction of sp³-hybridized carbons (Fsp3) is 0.125. The number of benzene rings is 1. The van der Waals surface area contributed by atoms with Crippen molar-refractivity contribution in [1.29, 1.82) is 0 Å². The van der Waals surface area contributed by atoms with Gasteiger partial charge in [0.2, 0.25) is 5.78 Å². The van der Waals surface area contributed by atoms with E-state index in [1.165, 1.54) is 16.2 Å². The lowest BCUT2D eigenvalue weighted by Gasteiger charge is -2.10. The van der Waals surface area contributed by atoms with Gasteiger partial charge in [0.15, 0.2) is 5.76 Å². The molecule has 6 heteroatoms. The first-order valence-corrected chi connectivity index (χ1v) is 7.43. The van der Waals surface area contributed by atoms with Crippen molar-refractivity contribution in [3.63, 3.8) is 0 Å². The van der Waals surface area contributed by atoms with E-state index in [1.54, 1.807) is 38.4 Å². The van der Waals surface area contributed by atoms with Crippen molar-refractivity contribution in [2.75, 3.05) is 14.1 Å². The van der Waals surface area contributed by atoms with Gasteiger partial charge < -0.3 is 14.4 Å². The molecule has 1 aliphatic rings. The van der Waals surface area contributed by atoms with Crippen LogP contribution in [-0.2, 0) is 0 Å². The fourth-order valence-corrected chi connectivity index (χ4v) is 2.57. The van der Waals surface area contributed by atoms with E-state index in [9.17, 15) is 9.59 Å². The lowest BCUT2D eigenvalue weighted by Crippen LogP contribution is -2.25. The van der Waals surface area contributed by atoms with E-state index < -0.39 is 6.09 Å². The molecule has 112 valence electrons. The summed E-state index contributed by atoms with van der Waals surface area (Å²) >= 11 is 1.52. The van der Waals surface area contributed by atoms with Gasteiger partial charge >= 0.3 is 6.09 Å². The highest BCUT2D eigenvalue weighted by molar-refractivity contribution is 7.10. The lowest BCUT2D eigenvalue weighted by molar-refractivity contribution is 0.101. The summed E-state index contributed by atoms with van der Waals surface area (Å²) in [4.78, 5) is 26.1. The summed E-state index contributed by atoms with van der Waals surface area (Å²) in [5, 5.41) is 1.93. The highest BCUT2D eigenvalue weighted by atomic mass is 32.1. The maximum atomic E-state index is 12.3. The van der Waals surface area contributed by atoms with Crippen molar-refractivity contribution in [3.05, 3.63) is 51.9 Å². The van der Waals surface area contributed by atoms with Crippen LogP contribution in [0.2, 0.25) is 0 Å². The zero-order valence-corrected chi connectivity index (χ0v) is 12.8. The van der Waals surface area contributed by atoms with Crippen molar-refractivity contribution in [3.8, 4) is 11.5 Å². The molecule has 1 aromatic carbocycles. The van der Waals surface area contributed by atoms with Crippen LogP contribution < -0.4 is 9.47 Å². The molecular weight excluding hydrogens is 302 g/mol. The second-order valence-corrected chi connectivity index (χ2v) is 5.85. The number of hydrogen-bond acceptors (Lipinski definition) is 5. The molecule has 1 aliphatic heterocycles. The number of hydrogen-bond donors (Lipinski definition) is 0. The Morgan fingerprint density at radius 1 is 1.32 bits per heavy atom. The third kappa shape index (κ3) is 2.73. The van der Waals surface area contributed by atoms with Gasteiger partial charge in [-0.3, -0.25) is 4.79 Å². The summed E-state index contributed by atoms with van der Waals surface area (Å²) in [5.74, 6) is 0.835. The second kappa shape index (κ2) is 5.65. The average Bonchev–Trinajstić information content (AvgIpc) is 3.08. The number of nitrogens with zero attached hydrogens (tertiary/aromatic N) is 1. The van der Waals surface area contributed by atoms with Crippen molar-refractivity contribution in [1.82, 2.24) is 4.90 Å². The van der Waals surface area contributed by atoms with Crippen LogP contribution in [0.25, 0.3) is 6.08 Å². The Balaban J connectivity index is 1.85. The summed E-state index contributed by atoms with van der Waals surface area (Å²) in [6, 6.07) is 8.54. The smallest absolute Gasteiger partial charge is 0.414 e. The van der Waals surface area contributed by atoms with E-state index in [0.29, 0.717) is 17.1 Å². The molecule has 2 heterocycles. The number of ketones is 1. The zero-order chi connectivity index (χ0) is 15.7. The lowest BCUT2D eigenvalue weighted by atomic mass is 10.1. The van der Waals surface area contributed by atoms with E-state index in [2.05, 4.69) is 0 Å². The van der Waals surface area contributed by atoms with Gasteiger partial charge in [0.05, 0.1) is 5.56 Å². The number of ether oxygens (including phenoxy) is 2. The minimum atomic E-state index is -0.487. The third-order valence-corrected chi connectivity index (χ3v) is 3.85. The number of fused-ring (bicyclic) bond motifs is 1. The molecule has 0 bridgehead atoms. The molecule has 0 aliphatic carbocycles. The quantitative estimate of drug-likeness (QED) is 0.797. The Hall–Kier alpha value is -2.60. The van der Waals surface area contributed by atoms with Gasteiger partial charge in [0.25, 0.3) is 0 Å². The highest BCUT2D eigenvalue weighted by Crippen LogP contribution is 2.35. The molecule has 2 aromatic rings. The first kappa shape index (κ1) is 14.3. The molecule has 0 atom stereocenters. The maximum absolute atomic E-state index is 12.3. The van der Waals surface area contributed by atoms with Crippen LogP contribution in [-0.4, -0.2) is 30.9 Å². The van der Waals surface area contributed by atoms with Gasteiger partial charge in [-0.2, -0.15) is 0 Å². The van der Waals surface area contributed by atoms with Crippen LogP contribution in [0, 0.1) is 0 Å². The van der Waals surface area contributed by atoms with Crippen LogP contribution in [0.4, 0.5) is 4.79 Å². The van der Waals surface area contributed by atoms with Gasteiger partial charge in [-0.25, -0.2) is 4.79 Å². The van der Waals surface area contributed by atoms with Crippen LogP contribution in [0.5, 0.6) is 11.5 Å². The summed E-state index contributed by atoms with van der Waals surface area (Å²) < 4.78 is 10.7. The molecule has 1 aromatic heterocycles. The number of carbonyl (C=O) groups excluding carboxylic acids is 2. The number of carbonyl (C=O) groups is 2. The summed E-state index contributed by atoms with van der Waals surface area (Å²) in [6.07, 6.45) is 1.22. The summed E-state index contributed by atoms with van der Waals surface area (Å²) in [6.45, 7) is 0. The Labute approximate surface area is 131 Å².